The van der Waals surface area contributed by atoms with Crippen LogP contribution in [0, 0.1) is 0 Å². The normalized spacial score (nSPS) is 18.1. The largest absolute Gasteiger partial charge is 0.371 e. The molecule has 0 radical (unpaired) electrons. The van der Waals surface area contributed by atoms with Crippen molar-refractivity contribution in [2.45, 2.75) is 18.9 Å². The summed E-state index contributed by atoms with van der Waals surface area (Å²) in [5.41, 5.74) is 1.33. The Morgan fingerprint density at radius 3 is 2.38 bits per heavy atom. The molecule has 0 aromatic heterocycles. The van der Waals surface area contributed by atoms with E-state index in [1.165, 1.54) is 23.0 Å². The van der Waals surface area contributed by atoms with Crippen LogP contribution >= 0.6 is 15.9 Å². The highest BCUT2D eigenvalue weighted by atomic mass is 79.9. The van der Waals surface area contributed by atoms with Crippen molar-refractivity contribution in [2.24, 2.45) is 0 Å². The maximum Gasteiger partial charge on any atom is 0.0510 e. The lowest BCUT2D eigenvalue weighted by Gasteiger charge is -2.36. The molecule has 1 aromatic carbocycles. The van der Waals surface area contributed by atoms with Crippen LogP contribution in [0.4, 0.5) is 5.69 Å². The molecule has 1 aromatic rings. The predicted octanol–water partition coefficient (Wildman–Crippen LogP) is 2.98. The first kappa shape index (κ1) is 11.9. The van der Waals surface area contributed by atoms with Crippen LogP contribution in [0.2, 0.25) is 0 Å². The Labute approximate surface area is 106 Å². The number of rotatable bonds is 2. The minimum Gasteiger partial charge on any atom is -0.371 e. The number of benzene rings is 1. The van der Waals surface area contributed by atoms with Gasteiger partial charge in [-0.1, -0.05) is 12.1 Å². The maximum absolute atomic E-state index is 3.62. The van der Waals surface area contributed by atoms with Gasteiger partial charge < -0.3 is 9.80 Å². The average molecular weight is 283 g/mol. The van der Waals surface area contributed by atoms with Crippen LogP contribution in [0.5, 0.6) is 0 Å². The number of anilines is 1. The molecular formula is C13H19BrN2. The van der Waals surface area contributed by atoms with Crippen LogP contribution in [-0.2, 0) is 0 Å². The minimum absolute atomic E-state index is 0.749. The highest BCUT2D eigenvalue weighted by Crippen LogP contribution is 2.28. The fraction of sp³-hybridized carbons (Fsp3) is 0.538. The molecule has 0 bridgehead atoms. The van der Waals surface area contributed by atoms with Crippen LogP contribution in [-0.4, -0.2) is 38.1 Å². The van der Waals surface area contributed by atoms with Crippen molar-refractivity contribution in [1.29, 1.82) is 0 Å². The topological polar surface area (TPSA) is 6.48 Å². The van der Waals surface area contributed by atoms with E-state index in [4.69, 9.17) is 0 Å². The van der Waals surface area contributed by atoms with Gasteiger partial charge in [0.2, 0.25) is 0 Å². The first-order chi connectivity index (χ1) is 7.68. The summed E-state index contributed by atoms with van der Waals surface area (Å²) in [6, 6.07) is 9.24. The van der Waals surface area contributed by atoms with E-state index in [0.29, 0.717) is 0 Å². The molecule has 0 amide bonds. The molecule has 0 aliphatic carbocycles. The van der Waals surface area contributed by atoms with E-state index in [-0.39, 0.29) is 0 Å². The number of hydrogen-bond donors (Lipinski definition) is 0. The van der Waals surface area contributed by atoms with E-state index in [1.807, 2.05) is 0 Å². The van der Waals surface area contributed by atoms with Gasteiger partial charge in [-0.2, -0.15) is 0 Å². The van der Waals surface area contributed by atoms with E-state index >= 15 is 0 Å². The highest BCUT2D eigenvalue weighted by molar-refractivity contribution is 9.10. The summed E-state index contributed by atoms with van der Waals surface area (Å²) in [5, 5.41) is 0. The number of hydrogen-bond acceptors (Lipinski definition) is 2. The molecule has 3 heteroatoms. The van der Waals surface area contributed by atoms with Gasteiger partial charge in [0.25, 0.3) is 0 Å². The van der Waals surface area contributed by atoms with E-state index in [1.54, 1.807) is 0 Å². The molecule has 88 valence electrons. The molecule has 1 saturated heterocycles. The lowest BCUT2D eigenvalue weighted by Crippen LogP contribution is -2.42. The average Bonchev–Trinajstić information content (AvgIpc) is 2.30. The zero-order valence-electron chi connectivity index (χ0n) is 9.99. The Bertz CT molecular complexity index is 344. The first-order valence-corrected chi connectivity index (χ1v) is 6.63. The summed E-state index contributed by atoms with van der Waals surface area (Å²) in [4.78, 5) is 4.82. The number of piperidine rings is 1. The van der Waals surface area contributed by atoms with Crippen molar-refractivity contribution >= 4 is 21.6 Å². The first-order valence-electron chi connectivity index (χ1n) is 5.84. The zero-order chi connectivity index (χ0) is 11.5. The van der Waals surface area contributed by atoms with Gasteiger partial charge in [-0.25, -0.2) is 0 Å². The van der Waals surface area contributed by atoms with E-state index in [0.717, 1.165) is 19.1 Å². The molecule has 2 rings (SSSR count). The molecule has 0 unspecified atom stereocenters. The minimum atomic E-state index is 0.749. The van der Waals surface area contributed by atoms with Crippen LogP contribution in [0.25, 0.3) is 0 Å². The molecule has 0 spiro atoms. The standard InChI is InChI=1S/C13H19BrN2/c1-15(2)11-7-9-16(10-8-11)13-6-4-3-5-12(13)14/h3-6,11H,7-10H2,1-2H3. The summed E-state index contributed by atoms with van der Waals surface area (Å²) in [5.74, 6) is 0. The molecule has 1 aliphatic rings. The van der Waals surface area contributed by atoms with Crippen molar-refractivity contribution in [3.05, 3.63) is 28.7 Å². The molecule has 0 N–H and O–H groups in total. The second-order valence-corrected chi connectivity index (χ2v) is 5.49. The van der Waals surface area contributed by atoms with E-state index in [2.05, 4.69) is 64.1 Å². The summed E-state index contributed by atoms with van der Waals surface area (Å²) >= 11 is 3.62. The zero-order valence-corrected chi connectivity index (χ0v) is 11.6. The third-order valence-corrected chi connectivity index (χ3v) is 4.06. The molecule has 0 saturated carbocycles. The van der Waals surface area contributed by atoms with Crippen molar-refractivity contribution in [1.82, 2.24) is 4.90 Å². The molecule has 1 heterocycles. The Kier molecular flexibility index (Phi) is 3.87. The quantitative estimate of drug-likeness (QED) is 0.823. The van der Waals surface area contributed by atoms with Crippen LogP contribution in [0.3, 0.4) is 0 Å². The van der Waals surface area contributed by atoms with Crippen molar-refractivity contribution in [3.63, 3.8) is 0 Å². The van der Waals surface area contributed by atoms with Gasteiger partial charge >= 0.3 is 0 Å². The van der Waals surface area contributed by atoms with Crippen LogP contribution in [0.15, 0.2) is 28.7 Å². The molecule has 1 fully saturated rings. The molecule has 0 atom stereocenters. The van der Waals surface area contributed by atoms with Crippen molar-refractivity contribution in [3.8, 4) is 0 Å². The highest BCUT2D eigenvalue weighted by Gasteiger charge is 2.21. The number of para-hydroxylation sites is 1. The smallest absolute Gasteiger partial charge is 0.0510 e. The maximum atomic E-state index is 3.62. The van der Waals surface area contributed by atoms with Gasteiger partial charge in [0, 0.05) is 23.6 Å². The molecule has 1 aliphatic heterocycles. The Hall–Kier alpha value is -0.540. The number of halogens is 1. The SMILES string of the molecule is CN(C)C1CCN(c2ccccc2Br)CC1. The third kappa shape index (κ3) is 2.58. The predicted molar refractivity (Wildman–Crippen MR) is 73.1 cm³/mol. The Morgan fingerprint density at radius 1 is 1.19 bits per heavy atom. The molecule has 16 heavy (non-hydrogen) atoms. The molecular weight excluding hydrogens is 264 g/mol. The fourth-order valence-electron chi connectivity index (χ4n) is 2.33. The van der Waals surface area contributed by atoms with Gasteiger partial charge in [0.1, 0.15) is 0 Å². The lowest BCUT2D eigenvalue weighted by molar-refractivity contribution is 0.249. The monoisotopic (exact) mass is 282 g/mol. The second-order valence-electron chi connectivity index (χ2n) is 4.63. The number of nitrogens with zero attached hydrogens (tertiary/aromatic N) is 2. The van der Waals surface area contributed by atoms with Crippen LogP contribution in [0.1, 0.15) is 12.8 Å². The molecule has 2 nitrogen and oxygen atoms in total. The third-order valence-electron chi connectivity index (χ3n) is 3.39. The van der Waals surface area contributed by atoms with E-state index < -0.39 is 0 Å². The summed E-state index contributed by atoms with van der Waals surface area (Å²) in [6.45, 7) is 2.32. The van der Waals surface area contributed by atoms with Gasteiger partial charge in [0.15, 0.2) is 0 Å². The second kappa shape index (κ2) is 5.19. The van der Waals surface area contributed by atoms with Gasteiger partial charge in [-0.15, -0.1) is 0 Å². The summed E-state index contributed by atoms with van der Waals surface area (Å²) in [6.07, 6.45) is 2.52. The van der Waals surface area contributed by atoms with Crippen molar-refractivity contribution < 1.29 is 0 Å². The Morgan fingerprint density at radius 2 is 1.81 bits per heavy atom. The lowest BCUT2D eigenvalue weighted by atomic mass is 10.0. The Balaban J connectivity index is 2.02. The van der Waals surface area contributed by atoms with Gasteiger partial charge in [-0.05, 0) is 55.0 Å². The van der Waals surface area contributed by atoms with Gasteiger partial charge in [-0.3, -0.25) is 0 Å². The summed E-state index contributed by atoms with van der Waals surface area (Å²) in [7, 11) is 4.36. The fourth-order valence-corrected chi connectivity index (χ4v) is 2.87. The summed E-state index contributed by atoms with van der Waals surface area (Å²) < 4.78 is 1.21. The van der Waals surface area contributed by atoms with Crippen molar-refractivity contribution in [2.75, 3.05) is 32.1 Å². The van der Waals surface area contributed by atoms with E-state index in [9.17, 15) is 0 Å². The van der Waals surface area contributed by atoms with Crippen LogP contribution < -0.4 is 4.90 Å². The van der Waals surface area contributed by atoms with Gasteiger partial charge in [0.05, 0.1) is 5.69 Å².